The lowest BCUT2D eigenvalue weighted by atomic mass is 9.97. The molecule has 0 N–H and O–H groups in total. The maximum Gasteiger partial charge on any atom is 0.253 e. The Labute approximate surface area is 128 Å². The zero-order chi connectivity index (χ0) is 15.5. The first-order valence-electron chi connectivity index (χ1n) is 7.27. The zero-order valence-electron chi connectivity index (χ0n) is 12.3. The van der Waals surface area contributed by atoms with Gasteiger partial charge in [0, 0.05) is 18.7 Å². The maximum atomic E-state index is 12.6. The van der Waals surface area contributed by atoms with Crippen LogP contribution in [-0.2, 0) is 0 Å². The molecule has 3 rings (SSSR count). The molecular formula is C16H16N4O2. The standard InChI is InChI=1S/C16H16N4O2/c1-11-18-15(22-19-11)14-3-2-8-20(10-14)16(21)13-6-4-12(9-17)5-7-13/h4-7,14H,2-3,8,10H2,1H3/t14-/m1/s1. The molecule has 0 unspecified atom stereocenters. The summed E-state index contributed by atoms with van der Waals surface area (Å²) in [7, 11) is 0. The lowest BCUT2D eigenvalue weighted by molar-refractivity contribution is 0.0695. The van der Waals surface area contributed by atoms with Gasteiger partial charge in [-0.3, -0.25) is 4.79 Å². The van der Waals surface area contributed by atoms with Crippen LogP contribution in [0.2, 0.25) is 0 Å². The van der Waals surface area contributed by atoms with Crippen LogP contribution >= 0.6 is 0 Å². The normalized spacial score (nSPS) is 18.0. The number of piperidine rings is 1. The first-order valence-corrected chi connectivity index (χ1v) is 7.27. The highest BCUT2D eigenvalue weighted by molar-refractivity contribution is 5.94. The van der Waals surface area contributed by atoms with E-state index in [2.05, 4.69) is 16.2 Å². The average molecular weight is 296 g/mol. The molecule has 1 saturated heterocycles. The van der Waals surface area contributed by atoms with Crippen molar-refractivity contribution in [2.45, 2.75) is 25.7 Å². The molecule has 22 heavy (non-hydrogen) atoms. The van der Waals surface area contributed by atoms with Crippen LogP contribution in [0.1, 0.15) is 46.4 Å². The van der Waals surface area contributed by atoms with Crippen LogP contribution in [0.4, 0.5) is 0 Å². The third-order valence-corrected chi connectivity index (χ3v) is 3.86. The number of nitriles is 1. The fourth-order valence-electron chi connectivity index (χ4n) is 2.71. The quantitative estimate of drug-likeness (QED) is 0.849. The number of likely N-dealkylation sites (tertiary alicyclic amines) is 1. The lowest BCUT2D eigenvalue weighted by Crippen LogP contribution is -2.39. The summed E-state index contributed by atoms with van der Waals surface area (Å²) in [6.07, 6.45) is 1.85. The van der Waals surface area contributed by atoms with Crippen molar-refractivity contribution in [1.29, 1.82) is 5.26 Å². The van der Waals surface area contributed by atoms with E-state index in [0.29, 0.717) is 29.4 Å². The summed E-state index contributed by atoms with van der Waals surface area (Å²) in [4.78, 5) is 18.6. The van der Waals surface area contributed by atoms with Gasteiger partial charge in [0.05, 0.1) is 17.6 Å². The predicted octanol–water partition coefficient (Wildman–Crippen LogP) is 2.27. The van der Waals surface area contributed by atoms with E-state index in [0.717, 1.165) is 19.4 Å². The molecule has 0 saturated carbocycles. The van der Waals surface area contributed by atoms with Crippen molar-refractivity contribution in [1.82, 2.24) is 15.0 Å². The predicted molar refractivity (Wildman–Crippen MR) is 78.1 cm³/mol. The van der Waals surface area contributed by atoms with Crippen molar-refractivity contribution >= 4 is 5.91 Å². The molecule has 1 aliphatic rings. The van der Waals surface area contributed by atoms with Crippen LogP contribution in [0, 0.1) is 18.3 Å². The molecule has 1 aliphatic heterocycles. The molecule has 1 aromatic carbocycles. The van der Waals surface area contributed by atoms with Crippen LogP contribution in [0.3, 0.4) is 0 Å². The van der Waals surface area contributed by atoms with Gasteiger partial charge in [-0.25, -0.2) is 0 Å². The second-order valence-electron chi connectivity index (χ2n) is 5.46. The molecule has 0 spiro atoms. The van der Waals surface area contributed by atoms with Gasteiger partial charge in [-0.15, -0.1) is 0 Å². The average Bonchev–Trinajstić information content (AvgIpc) is 3.01. The minimum absolute atomic E-state index is 0.0228. The van der Waals surface area contributed by atoms with Crippen molar-refractivity contribution in [2.75, 3.05) is 13.1 Å². The number of amides is 1. The van der Waals surface area contributed by atoms with Gasteiger partial charge >= 0.3 is 0 Å². The molecule has 2 aromatic rings. The lowest BCUT2D eigenvalue weighted by Gasteiger charge is -2.31. The molecule has 1 fully saturated rings. The fourth-order valence-corrected chi connectivity index (χ4v) is 2.71. The highest BCUT2D eigenvalue weighted by Gasteiger charge is 2.28. The van der Waals surface area contributed by atoms with Gasteiger partial charge in [0.25, 0.3) is 5.91 Å². The zero-order valence-corrected chi connectivity index (χ0v) is 12.3. The number of benzene rings is 1. The molecule has 0 radical (unpaired) electrons. The van der Waals surface area contributed by atoms with Gasteiger partial charge in [0.2, 0.25) is 5.89 Å². The van der Waals surface area contributed by atoms with E-state index in [4.69, 9.17) is 9.78 Å². The number of hydrogen-bond donors (Lipinski definition) is 0. The second-order valence-corrected chi connectivity index (χ2v) is 5.46. The maximum absolute atomic E-state index is 12.6. The highest BCUT2D eigenvalue weighted by atomic mass is 16.5. The van der Waals surface area contributed by atoms with E-state index in [1.165, 1.54) is 0 Å². The van der Waals surface area contributed by atoms with Crippen LogP contribution in [-0.4, -0.2) is 34.0 Å². The van der Waals surface area contributed by atoms with Crippen LogP contribution in [0.5, 0.6) is 0 Å². The minimum Gasteiger partial charge on any atom is -0.339 e. The molecule has 1 aromatic heterocycles. The molecule has 112 valence electrons. The fraction of sp³-hybridized carbons (Fsp3) is 0.375. The first kappa shape index (κ1) is 14.3. The van der Waals surface area contributed by atoms with Gasteiger partial charge in [0.15, 0.2) is 5.82 Å². The third kappa shape index (κ3) is 2.84. The van der Waals surface area contributed by atoms with Gasteiger partial charge in [0.1, 0.15) is 0 Å². The van der Waals surface area contributed by atoms with Gasteiger partial charge in [-0.2, -0.15) is 10.2 Å². The number of carbonyl (C=O) groups is 1. The Bertz CT molecular complexity index is 714. The number of rotatable bonds is 2. The van der Waals surface area contributed by atoms with Crippen LogP contribution in [0.25, 0.3) is 0 Å². The largest absolute Gasteiger partial charge is 0.339 e. The Hall–Kier alpha value is -2.68. The summed E-state index contributed by atoms with van der Waals surface area (Å²) in [5.41, 5.74) is 1.15. The van der Waals surface area contributed by atoms with E-state index in [1.54, 1.807) is 31.2 Å². The highest BCUT2D eigenvalue weighted by Crippen LogP contribution is 2.26. The number of aromatic nitrogens is 2. The SMILES string of the molecule is Cc1noc([C@@H]2CCCN(C(=O)c3ccc(C#N)cc3)C2)n1. The molecule has 6 nitrogen and oxygen atoms in total. The number of aryl methyl sites for hydroxylation is 1. The van der Waals surface area contributed by atoms with Crippen molar-refractivity contribution in [2.24, 2.45) is 0 Å². The van der Waals surface area contributed by atoms with Crippen LogP contribution < -0.4 is 0 Å². The summed E-state index contributed by atoms with van der Waals surface area (Å²) in [5, 5.41) is 12.6. The van der Waals surface area contributed by atoms with Gasteiger partial charge in [-0.1, -0.05) is 5.16 Å². The van der Waals surface area contributed by atoms with E-state index >= 15 is 0 Å². The monoisotopic (exact) mass is 296 g/mol. The molecule has 0 bridgehead atoms. The molecule has 6 heteroatoms. The summed E-state index contributed by atoms with van der Waals surface area (Å²) < 4.78 is 5.23. The van der Waals surface area contributed by atoms with E-state index in [-0.39, 0.29) is 11.8 Å². The Balaban J connectivity index is 1.73. The summed E-state index contributed by atoms with van der Waals surface area (Å²) in [6, 6.07) is 8.77. The number of carbonyl (C=O) groups excluding carboxylic acids is 1. The summed E-state index contributed by atoms with van der Waals surface area (Å²) in [6.45, 7) is 3.10. The Morgan fingerprint density at radius 2 is 2.18 bits per heavy atom. The van der Waals surface area contributed by atoms with E-state index < -0.39 is 0 Å². The van der Waals surface area contributed by atoms with Crippen LogP contribution in [0.15, 0.2) is 28.8 Å². The number of hydrogen-bond acceptors (Lipinski definition) is 5. The summed E-state index contributed by atoms with van der Waals surface area (Å²) >= 11 is 0. The van der Waals surface area contributed by atoms with E-state index in [1.807, 2.05) is 4.90 Å². The Kier molecular flexibility index (Phi) is 3.88. The smallest absolute Gasteiger partial charge is 0.253 e. The first-order chi connectivity index (χ1) is 10.7. The summed E-state index contributed by atoms with van der Waals surface area (Å²) in [5.74, 6) is 1.29. The molecular weight excluding hydrogens is 280 g/mol. The molecule has 1 atom stereocenters. The van der Waals surface area contributed by atoms with Gasteiger partial charge < -0.3 is 9.42 Å². The minimum atomic E-state index is -0.0228. The van der Waals surface area contributed by atoms with Crippen molar-refractivity contribution in [3.8, 4) is 6.07 Å². The van der Waals surface area contributed by atoms with Crippen molar-refractivity contribution in [3.63, 3.8) is 0 Å². The van der Waals surface area contributed by atoms with Gasteiger partial charge in [-0.05, 0) is 44.0 Å². The van der Waals surface area contributed by atoms with E-state index in [9.17, 15) is 4.79 Å². The molecule has 1 amide bonds. The molecule has 2 heterocycles. The topological polar surface area (TPSA) is 83.0 Å². The second kappa shape index (κ2) is 5.98. The van der Waals surface area contributed by atoms with Crippen molar-refractivity contribution in [3.05, 3.63) is 47.1 Å². The molecule has 0 aliphatic carbocycles. The third-order valence-electron chi connectivity index (χ3n) is 3.86. The Morgan fingerprint density at radius 3 is 2.82 bits per heavy atom. The van der Waals surface area contributed by atoms with Crippen molar-refractivity contribution < 1.29 is 9.32 Å². The Morgan fingerprint density at radius 1 is 1.41 bits per heavy atom. The number of nitrogens with zero attached hydrogens (tertiary/aromatic N) is 4.